The second kappa shape index (κ2) is 3.06. The molecule has 0 saturated heterocycles. The summed E-state index contributed by atoms with van der Waals surface area (Å²) >= 11 is 0. The molecule has 0 aromatic heterocycles. The summed E-state index contributed by atoms with van der Waals surface area (Å²) in [4.78, 5) is 0. The minimum atomic E-state index is -0.809. The van der Waals surface area contributed by atoms with Gasteiger partial charge in [-0.05, 0) is 42.0 Å². The van der Waals surface area contributed by atoms with Crippen LogP contribution in [0.25, 0.3) is 0 Å². The number of fused-ring (bicyclic) bond motifs is 1. The van der Waals surface area contributed by atoms with Crippen LogP contribution in [0, 0.1) is 5.82 Å². The highest BCUT2D eigenvalue weighted by molar-refractivity contribution is 5.40. The molecule has 2 unspecified atom stereocenters. The smallest absolute Gasteiger partial charge is 0.123 e. The zero-order chi connectivity index (χ0) is 10.3. The van der Waals surface area contributed by atoms with Crippen molar-refractivity contribution in [2.45, 2.75) is 38.2 Å². The molecule has 0 saturated carbocycles. The molecular formula is C12H15FO. The van der Waals surface area contributed by atoms with Crippen LogP contribution in [0.2, 0.25) is 0 Å². The standard InChI is InChI=1S/C12H15FO/c1-3-12(14)7-8(2)10-5-4-9(13)6-11(10)12/h4-6,8,14H,3,7H2,1-2H3. The Morgan fingerprint density at radius 3 is 2.93 bits per heavy atom. The predicted octanol–water partition coefficient (Wildman–Crippen LogP) is 2.93. The van der Waals surface area contributed by atoms with Gasteiger partial charge in [0.1, 0.15) is 5.82 Å². The van der Waals surface area contributed by atoms with Crippen LogP contribution in [0.1, 0.15) is 43.7 Å². The molecule has 0 spiro atoms. The van der Waals surface area contributed by atoms with Crippen molar-refractivity contribution in [1.29, 1.82) is 0 Å². The van der Waals surface area contributed by atoms with Gasteiger partial charge in [0, 0.05) is 0 Å². The van der Waals surface area contributed by atoms with Crippen LogP contribution >= 0.6 is 0 Å². The van der Waals surface area contributed by atoms with E-state index in [1.165, 1.54) is 12.1 Å². The monoisotopic (exact) mass is 194 g/mol. The average Bonchev–Trinajstić information content (AvgIpc) is 2.40. The minimum absolute atomic E-state index is 0.260. The topological polar surface area (TPSA) is 20.2 Å². The van der Waals surface area contributed by atoms with Crippen LogP contribution in [0.5, 0.6) is 0 Å². The van der Waals surface area contributed by atoms with Crippen molar-refractivity contribution in [3.05, 3.63) is 35.1 Å². The highest BCUT2D eigenvalue weighted by Gasteiger charge is 2.39. The Morgan fingerprint density at radius 1 is 1.57 bits per heavy atom. The first-order valence-corrected chi connectivity index (χ1v) is 5.09. The molecule has 0 amide bonds. The summed E-state index contributed by atoms with van der Waals surface area (Å²) in [7, 11) is 0. The fraction of sp³-hybridized carbons (Fsp3) is 0.500. The Hall–Kier alpha value is -0.890. The molecular weight excluding hydrogens is 179 g/mol. The molecule has 0 radical (unpaired) electrons. The molecule has 2 rings (SSSR count). The van der Waals surface area contributed by atoms with Gasteiger partial charge in [-0.3, -0.25) is 0 Å². The van der Waals surface area contributed by atoms with E-state index < -0.39 is 5.60 Å². The SMILES string of the molecule is CCC1(O)CC(C)c2ccc(F)cc21. The number of rotatable bonds is 1. The van der Waals surface area contributed by atoms with Gasteiger partial charge < -0.3 is 5.11 Å². The lowest BCUT2D eigenvalue weighted by molar-refractivity contribution is 0.0303. The second-order valence-corrected chi connectivity index (χ2v) is 4.22. The number of hydrogen-bond donors (Lipinski definition) is 1. The van der Waals surface area contributed by atoms with E-state index in [2.05, 4.69) is 6.92 Å². The predicted molar refractivity (Wildman–Crippen MR) is 53.6 cm³/mol. The third-order valence-corrected chi connectivity index (χ3v) is 3.28. The zero-order valence-electron chi connectivity index (χ0n) is 8.55. The molecule has 1 aliphatic carbocycles. The van der Waals surface area contributed by atoms with Gasteiger partial charge in [-0.2, -0.15) is 0 Å². The lowest BCUT2D eigenvalue weighted by atomic mass is 9.93. The first-order chi connectivity index (χ1) is 6.57. The largest absolute Gasteiger partial charge is 0.385 e. The number of aliphatic hydroxyl groups is 1. The van der Waals surface area contributed by atoms with Crippen molar-refractivity contribution in [2.75, 3.05) is 0 Å². The van der Waals surface area contributed by atoms with E-state index in [1.807, 2.05) is 6.92 Å². The molecule has 2 atom stereocenters. The second-order valence-electron chi connectivity index (χ2n) is 4.22. The van der Waals surface area contributed by atoms with E-state index in [-0.39, 0.29) is 5.82 Å². The van der Waals surface area contributed by atoms with Gasteiger partial charge in [0.25, 0.3) is 0 Å². The normalized spacial score (nSPS) is 30.4. The van der Waals surface area contributed by atoms with Gasteiger partial charge in [0.15, 0.2) is 0 Å². The lowest BCUT2D eigenvalue weighted by Crippen LogP contribution is -2.20. The first-order valence-electron chi connectivity index (χ1n) is 5.09. The Kier molecular flexibility index (Phi) is 2.11. The Balaban J connectivity index is 2.56. The lowest BCUT2D eigenvalue weighted by Gasteiger charge is -2.22. The van der Waals surface area contributed by atoms with E-state index >= 15 is 0 Å². The molecule has 1 aromatic rings. The maximum absolute atomic E-state index is 13.1. The molecule has 14 heavy (non-hydrogen) atoms. The third kappa shape index (κ3) is 1.25. The number of benzene rings is 1. The maximum Gasteiger partial charge on any atom is 0.123 e. The molecule has 0 heterocycles. The summed E-state index contributed by atoms with van der Waals surface area (Å²) in [6.07, 6.45) is 1.36. The van der Waals surface area contributed by atoms with Gasteiger partial charge in [0.2, 0.25) is 0 Å². The van der Waals surface area contributed by atoms with E-state index in [4.69, 9.17) is 0 Å². The van der Waals surface area contributed by atoms with Crippen LogP contribution in [0.15, 0.2) is 18.2 Å². The third-order valence-electron chi connectivity index (χ3n) is 3.28. The molecule has 1 aliphatic rings. The molecule has 1 N–H and O–H groups in total. The van der Waals surface area contributed by atoms with Gasteiger partial charge in [-0.25, -0.2) is 4.39 Å². The van der Waals surface area contributed by atoms with Crippen molar-refractivity contribution < 1.29 is 9.50 Å². The van der Waals surface area contributed by atoms with Crippen molar-refractivity contribution in [3.63, 3.8) is 0 Å². The molecule has 76 valence electrons. The van der Waals surface area contributed by atoms with Gasteiger partial charge in [0.05, 0.1) is 5.60 Å². The number of halogens is 1. The quantitative estimate of drug-likeness (QED) is 0.728. The van der Waals surface area contributed by atoms with Crippen LogP contribution in [0.3, 0.4) is 0 Å². The van der Waals surface area contributed by atoms with Gasteiger partial charge >= 0.3 is 0 Å². The highest BCUT2D eigenvalue weighted by Crippen LogP contribution is 2.46. The fourth-order valence-corrected chi connectivity index (χ4v) is 2.42. The molecule has 1 aromatic carbocycles. The van der Waals surface area contributed by atoms with Crippen LogP contribution in [-0.2, 0) is 5.60 Å². The summed E-state index contributed by atoms with van der Waals surface area (Å²) in [5, 5.41) is 10.3. The summed E-state index contributed by atoms with van der Waals surface area (Å²) in [5.74, 6) is 0.0697. The van der Waals surface area contributed by atoms with Crippen LogP contribution < -0.4 is 0 Å². The highest BCUT2D eigenvalue weighted by atomic mass is 19.1. The van der Waals surface area contributed by atoms with E-state index in [0.29, 0.717) is 18.8 Å². The van der Waals surface area contributed by atoms with E-state index in [9.17, 15) is 9.50 Å². The zero-order valence-corrected chi connectivity index (χ0v) is 8.55. The van der Waals surface area contributed by atoms with E-state index in [0.717, 1.165) is 11.1 Å². The summed E-state index contributed by atoms with van der Waals surface area (Å²) < 4.78 is 13.1. The maximum atomic E-state index is 13.1. The van der Waals surface area contributed by atoms with Gasteiger partial charge in [-0.1, -0.05) is 19.9 Å². The fourth-order valence-electron chi connectivity index (χ4n) is 2.42. The Bertz CT molecular complexity index is 361. The van der Waals surface area contributed by atoms with Crippen molar-refractivity contribution in [2.24, 2.45) is 0 Å². The molecule has 1 nitrogen and oxygen atoms in total. The Morgan fingerprint density at radius 2 is 2.29 bits per heavy atom. The molecule has 0 aliphatic heterocycles. The van der Waals surface area contributed by atoms with Crippen LogP contribution in [-0.4, -0.2) is 5.11 Å². The van der Waals surface area contributed by atoms with Crippen LogP contribution in [0.4, 0.5) is 4.39 Å². The average molecular weight is 194 g/mol. The van der Waals surface area contributed by atoms with Crippen molar-refractivity contribution in [1.82, 2.24) is 0 Å². The first kappa shape index (κ1) is 9.66. The summed E-state index contributed by atoms with van der Waals surface area (Å²) in [5.41, 5.74) is 1.07. The molecule has 2 heteroatoms. The van der Waals surface area contributed by atoms with E-state index in [1.54, 1.807) is 6.07 Å². The van der Waals surface area contributed by atoms with Gasteiger partial charge in [-0.15, -0.1) is 0 Å². The van der Waals surface area contributed by atoms with Crippen molar-refractivity contribution >= 4 is 0 Å². The summed E-state index contributed by atoms with van der Waals surface area (Å²) in [6, 6.07) is 4.74. The molecule has 0 fully saturated rings. The molecule has 0 bridgehead atoms. The number of hydrogen-bond acceptors (Lipinski definition) is 1. The Labute approximate surface area is 83.6 Å². The van der Waals surface area contributed by atoms with Crippen molar-refractivity contribution in [3.8, 4) is 0 Å². The minimum Gasteiger partial charge on any atom is -0.385 e. The summed E-state index contributed by atoms with van der Waals surface area (Å²) in [6.45, 7) is 4.01.